The molecule has 0 aromatic heterocycles. The smallest absolute Gasteiger partial charge is 0.338 e. The average Bonchev–Trinajstić information content (AvgIpc) is 3.11. The number of benzene rings is 3. The minimum Gasteiger partial charge on any atom is -0.452 e. The Balaban J connectivity index is 1.35. The number of imide groups is 2. The number of amides is 5. The van der Waals surface area contributed by atoms with E-state index in [4.69, 9.17) is 16.3 Å². The van der Waals surface area contributed by atoms with Crippen LogP contribution in [0.4, 0.5) is 10.5 Å². The number of rotatable bonds is 6. The Morgan fingerprint density at radius 2 is 1.54 bits per heavy atom. The van der Waals surface area contributed by atoms with E-state index in [1.807, 2.05) is 30.3 Å². The van der Waals surface area contributed by atoms with Gasteiger partial charge in [0.15, 0.2) is 6.61 Å². The lowest BCUT2D eigenvalue weighted by Gasteiger charge is -2.15. The van der Waals surface area contributed by atoms with Gasteiger partial charge >= 0.3 is 12.0 Å². The molecule has 3 aromatic rings. The van der Waals surface area contributed by atoms with Crippen LogP contribution in [0.1, 0.15) is 36.6 Å². The Kier molecular flexibility index (Phi) is 6.88. The molecule has 4 rings (SSSR count). The van der Waals surface area contributed by atoms with Crippen molar-refractivity contribution in [2.24, 2.45) is 0 Å². The average molecular weight is 492 g/mol. The SMILES string of the molecule is O=C(COC(=O)c1ccc2c(c1)C(=O)N(c1ccccc1Cl)C2=O)NC(=O)NCc1ccccc1. The van der Waals surface area contributed by atoms with E-state index in [0.29, 0.717) is 0 Å². The molecule has 5 amide bonds. The maximum Gasteiger partial charge on any atom is 0.338 e. The second kappa shape index (κ2) is 10.2. The van der Waals surface area contributed by atoms with Gasteiger partial charge in [-0.15, -0.1) is 0 Å². The molecule has 35 heavy (non-hydrogen) atoms. The van der Waals surface area contributed by atoms with Crippen molar-refractivity contribution < 1.29 is 28.7 Å². The molecule has 0 saturated heterocycles. The van der Waals surface area contributed by atoms with Crippen molar-refractivity contribution in [1.82, 2.24) is 10.6 Å². The number of nitrogens with zero attached hydrogens (tertiary/aromatic N) is 1. The number of carbonyl (C=O) groups is 5. The molecule has 2 N–H and O–H groups in total. The summed E-state index contributed by atoms with van der Waals surface area (Å²) in [6, 6.07) is 18.6. The number of urea groups is 1. The molecule has 0 bridgehead atoms. The van der Waals surface area contributed by atoms with Gasteiger partial charge in [-0.1, -0.05) is 54.1 Å². The summed E-state index contributed by atoms with van der Waals surface area (Å²) in [5.41, 5.74) is 1.16. The van der Waals surface area contributed by atoms with Gasteiger partial charge < -0.3 is 10.1 Å². The summed E-state index contributed by atoms with van der Waals surface area (Å²) < 4.78 is 4.94. The summed E-state index contributed by atoms with van der Waals surface area (Å²) in [4.78, 5) is 62.7. The van der Waals surface area contributed by atoms with E-state index >= 15 is 0 Å². The van der Waals surface area contributed by atoms with Crippen LogP contribution in [0.3, 0.4) is 0 Å². The van der Waals surface area contributed by atoms with E-state index in [-0.39, 0.29) is 33.9 Å². The topological polar surface area (TPSA) is 122 Å². The van der Waals surface area contributed by atoms with Crippen molar-refractivity contribution in [1.29, 1.82) is 0 Å². The first kappa shape index (κ1) is 23.7. The zero-order valence-electron chi connectivity index (χ0n) is 18.1. The van der Waals surface area contributed by atoms with Gasteiger partial charge in [0.1, 0.15) is 0 Å². The van der Waals surface area contributed by atoms with Gasteiger partial charge in [-0.25, -0.2) is 14.5 Å². The zero-order valence-corrected chi connectivity index (χ0v) is 18.9. The molecule has 0 aliphatic carbocycles. The van der Waals surface area contributed by atoms with Crippen molar-refractivity contribution in [2.45, 2.75) is 6.54 Å². The van der Waals surface area contributed by atoms with Gasteiger partial charge in [0, 0.05) is 6.54 Å². The van der Waals surface area contributed by atoms with Gasteiger partial charge in [0.25, 0.3) is 17.7 Å². The Hall–Kier alpha value is -4.50. The van der Waals surface area contributed by atoms with Crippen LogP contribution in [0.25, 0.3) is 0 Å². The largest absolute Gasteiger partial charge is 0.452 e. The van der Waals surface area contributed by atoms with E-state index in [1.54, 1.807) is 18.2 Å². The molecule has 0 saturated carbocycles. The number of hydrogen-bond donors (Lipinski definition) is 2. The molecule has 0 spiro atoms. The molecule has 3 aromatic carbocycles. The van der Waals surface area contributed by atoms with Gasteiger partial charge in [0.05, 0.1) is 27.4 Å². The zero-order chi connectivity index (χ0) is 24.9. The molecule has 9 nitrogen and oxygen atoms in total. The quantitative estimate of drug-likeness (QED) is 0.403. The minimum absolute atomic E-state index is 0.00844. The monoisotopic (exact) mass is 491 g/mol. The number of fused-ring (bicyclic) bond motifs is 1. The van der Waals surface area contributed by atoms with Crippen LogP contribution in [0, 0.1) is 0 Å². The highest BCUT2D eigenvalue weighted by Crippen LogP contribution is 2.33. The summed E-state index contributed by atoms with van der Waals surface area (Å²) in [6.07, 6.45) is 0. The molecule has 0 atom stereocenters. The van der Waals surface area contributed by atoms with Crippen LogP contribution in [0.2, 0.25) is 5.02 Å². The summed E-state index contributed by atoms with van der Waals surface area (Å²) in [6.45, 7) is -0.500. The standard InChI is InChI=1S/C25H18ClN3O6/c26-19-8-4-5-9-20(19)29-22(31)17-11-10-16(12-18(17)23(29)32)24(33)35-14-21(30)28-25(34)27-13-15-6-2-1-3-7-15/h1-12H,13-14H2,(H2,27,28,30,34). The highest BCUT2D eigenvalue weighted by Gasteiger charge is 2.38. The van der Waals surface area contributed by atoms with Crippen LogP contribution < -0.4 is 15.5 Å². The number of para-hydroxylation sites is 1. The lowest BCUT2D eigenvalue weighted by Crippen LogP contribution is -2.41. The second-order valence-electron chi connectivity index (χ2n) is 7.45. The van der Waals surface area contributed by atoms with Gasteiger partial charge in [-0.3, -0.25) is 19.7 Å². The normalized spacial score (nSPS) is 12.2. The van der Waals surface area contributed by atoms with E-state index in [2.05, 4.69) is 10.6 Å². The van der Waals surface area contributed by atoms with Crippen LogP contribution in [0.15, 0.2) is 72.8 Å². The molecule has 0 unspecified atom stereocenters. The van der Waals surface area contributed by atoms with Gasteiger partial charge in [-0.05, 0) is 35.9 Å². The first-order valence-electron chi connectivity index (χ1n) is 10.4. The number of carbonyl (C=O) groups excluding carboxylic acids is 5. The highest BCUT2D eigenvalue weighted by molar-refractivity contribution is 6.39. The number of nitrogens with one attached hydrogen (secondary N) is 2. The van der Waals surface area contributed by atoms with Crippen LogP contribution in [-0.2, 0) is 16.1 Å². The lowest BCUT2D eigenvalue weighted by atomic mass is 10.1. The number of halogens is 1. The summed E-state index contributed by atoms with van der Waals surface area (Å²) >= 11 is 6.13. The summed E-state index contributed by atoms with van der Waals surface area (Å²) in [5.74, 6) is -2.94. The molecule has 1 heterocycles. The lowest BCUT2D eigenvalue weighted by molar-refractivity contribution is -0.123. The van der Waals surface area contributed by atoms with Crippen LogP contribution >= 0.6 is 11.6 Å². The van der Waals surface area contributed by atoms with Crippen molar-refractivity contribution in [3.63, 3.8) is 0 Å². The molecule has 10 heteroatoms. The molecular formula is C25H18ClN3O6. The van der Waals surface area contributed by atoms with E-state index in [1.165, 1.54) is 24.3 Å². The summed E-state index contributed by atoms with van der Waals surface area (Å²) in [5, 5.41) is 4.79. The maximum absolute atomic E-state index is 12.9. The Morgan fingerprint density at radius 1 is 0.857 bits per heavy atom. The summed E-state index contributed by atoms with van der Waals surface area (Å²) in [7, 11) is 0. The Labute approximate surface area is 204 Å². The second-order valence-corrected chi connectivity index (χ2v) is 7.86. The fourth-order valence-corrected chi connectivity index (χ4v) is 3.64. The van der Waals surface area contributed by atoms with E-state index < -0.39 is 36.3 Å². The molecular weight excluding hydrogens is 474 g/mol. The highest BCUT2D eigenvalue weighted by atomic mass is 35.5. The van der Waals surface area contributed by atoms with Crippen LogP contribution in [-0.4, -0.2) is 36.3 Å². The van der Waals surface area contributed by atoms with Crippen molar-refractivity contribution >= 4 is 47.0 Å². The number of hydrogen-bond acceptors (Lipinski definition) is 6. The van der Waals surface area contributed by atoms with Gasteiger partial charge in [-0.2, -0.15) is 0 Å². The first-order valence-corrected chi connectivity index (χ1v) is 10.8. The van der Waals surface area contributed by atoms with Crippen molar-refractivity contribution in [3.8, 4) is 0 Å². The Bertz CT molecular complexity index is 1340. The molecule has 0 fully saturated rings. The van der Waals surface area contributed by atoms with Crippen molar-refractivity contribution in [2.75, 3.05) is 11.5 Å². The minimum atomic E-state index is -0.899. The molecule has 0 radical (unpaired) electrons. The molecule has 176 valence electrons. The maximum atomic E-state index is 12.9. The number of anilines is 1. The number of esters is 1. The van der Waals surface area contributed by atoms with Crippen molar-refractivity contribution in [3.05, 3.63) is 100 Å². The predicted octanol–water partition coefficient (Wildman–Crippen LogP) is 3.32. The molecule has 1 aliphatic rings. The molecule has 1 aliphatic heterocycles. The van der Waals surface area contributed by atoms with E-state index in [9.17, 15) is 24.0 Å². The third kappa shape index (κ3) is 5.20. The van der Waals surface area contributed by atoms with Crippen LogP contribution in [0.5, 0.6) is 0 Å². The Morgan fingerprint density at radius 3 is 2.29 bits per heavy atom. The number of ether oxygens (including phenoxy) is 1. The predicted molar refractivity (Wildman–Crippen MR) is 126 cm³/mol. The third-order valence-electron chi connectivity index (χ3n) is 5.10. The first-order chi connectivity index (χ1) is 16.8. The van der Waals surface area contributed by atoms with E-state index in [0.717, 1.165) is 10.5 Å². The fourth-order valence-electron chi connectivity index (χ4n) is 3.42. The fraction of sp³-hybridized carbons (Fsp3) is 0.0800. The third-order valence-corrected chi connectivity index (χ3v) is 5.42. The van der Waals surface area contributed by atoms with Gasteiger partial charge in [0.2, 0.25) is 0 Å².